The maximum atomic E-state index is 13.5. The van der Waals surface area contributed by atoms with Gasteiger partial charge in [-0.15, -0.1) is 11.3 Å². The first-order chi connectivity index (χ1) is 16.7. The number of allylic oxidation sites excluding steroid dienone is 1. The third kappa shape index (κ3) is 8.56. The Labute approximate surface area is 216 Å². The number of nitrogens with zero attached hydrogens (tertiary/aromatic N) is 1. The summed E-state index contributed by atoms with van der Waals surface area (Å²) < 4.78 is 46.1. The number of alkyl carbamates (subject to hydrolysis) is 1. The maximum Gasteiger partial charge on any atom is 0.416 e. The second-order valence-electron chi connectivity index (χ2n) is 8.68. The molecule has 196 valence electrons. The molecule has 0 radical (unpaired) electrons. The predicted octanol–water partition coefficient (Wildman–Crippen LogP) is 5.18. The van der Waals surface area contributed by atoms with Crippen molar-refractivity contribution in [3.05, 3.63) is 68.5 Å². The van der Waals surface area contributed by atoms with Gasteiger partial charge in [-0.05, 0) is 57.2 Å². The van der Waals surface area contributed by atoms with Gasteiger partial charge in [0.05, 0.1) is 22.2 Å². The zero-order valence-corrected chi connectivity index (χ0v) is 21.8. The van der Waals surface area contributed by atoms with Gasteiger partial charge in [0.2, 0.25) is 0 Å². The number of hydrogen-bond donors (Lipinski definition) is 3. The molecule has 0 aliphatic rings. The van der Waals surface area contributed by atoms with Crippen molar-refractivity contribution in [2.24, 2.45) is 10.7 Å². The van der Waals surface area contributed by atoms with Crippen molar-refractivity contribution in [2.75, 3.05) is 13.6 Å². The molecule has 0 fully saturated rings. The topological polar surface area (TPSA) is 106 Å². The third-order valence-corrected chi connectivity index (χ3v) is 6.05. The molecule has 36 heavy (non-hydrogen) atoms. The number of alkyl halides is 3. The fraction of sp³-hybridized carbons (Fsp3) is 0.375. The minimum Gasteiger partial charge on any atom is -0.444 e. The monoisotopic (exact) mass is 544 g/mol. The van der Waals surface area contributed by atoms with Crippen LogP contribution in [0.25, 0.3) is 0 Å². The number of aliphatic imine (C=N–C) groups is 1. The van der Waals surface area contributed by atoms with E-state index in [1.54, 1.807) is 27.8 Å². The number of benzene rings is 1. The van der Waals surface area contributed by atoms with Crippen molar-refractivity contribution >= 4 is 40.6 Å². The lowest BCUT2D eigenvalue weighted by molar-refractivity contribution is -0.138. The molecular formula is C24H28ClF3N4O3S. The Morgan fingerprint density at radius 2 is 1.92 bits per heavy atom. The van der Waals surface area contributed by atoms with E-state index < -0.39 is 35.4 Å². The van der Waals surface area contributed by atoms with Crippen molar-refractivity contribution in [3.63, 3.8) is 0 Å². The molecule has 0 saturated carbocycles. The van der Waals surface area contributed by atoms with Crippen molar-refractivity contribution in [2.45, 2.75) is 45.0 Å². The number of ether oxygens (including phenoxy) is 1. The Hall–Kier alpha value is -3.05. The summed E-state index contributed by atoms with van der Waals surface area (Å²) in [5.41, 5.74) is 4.76. The highest BCUT2D eigenvalue weighted by Crippen LogP contribution is 2.33. The van der Waals surface area contributed by atoms with Crippen LogP contribution < -0.4 is 16.4 Å². The van der Waals surface area contributed by atoms with Crippen LogP contribution in [0, 0.1) is 0 Å². The summed E-state index contributed by atoms with van der Waals surface area (Å²) in [5.74, 6) is -0.569. The number of hydrogen-bond acceptors (Lipinski definition) is 6. The van der Waals surface area contributed by atoms with Gasteiger partial charge in [-0.2, -0.15) is 13.2 Å². The van der Waals surface area contributed by atoms with Gasteiger partial charge >= 0.3 is 12.3 Å². The van der Waals surface area contributed by atoms with Crippen LogP contribution in [-0.2, 0) is 17.3 Å². The van der Waals surface area contributed by atoms with Crippen LogP contribution in [0.2, 0.25) is 4.34 Å². The third-order valence-electron chi connectivity index (χ3n) is 4.70. The highest BCUT2D eigenvalue weighted by atomic mass is 35.5. The van der Waals surface area contributed by atoms with Crippen molar-refractivity contribution in [1.29, 1.82) is 0 Å². The van der Waals surface area contributed by atoms with Crippen LogP contribution in [0.15, 0.2) is 47.6 Å². The lowest BCUT2D eigenvalue weighted by Gasteiger charge is -2.23. The number of amides is 2. The molecule has 1 atom stereocenters. The maximum absolute atomic E-state index is 13.5. The molecule has 12 heteroatoms. The molecule has 0 saturated heterocycles. The Morgan fingerprint density at radius 3 is 2.50 bits per heavy atom. The van der Waals surface area contributed by atoms with Crippen molar-refractivity contribution < 1.29 is 27.5 Å². The second kappa shape index (κ2) is 12.3. The number of carbonyl (C=O) groups is 2. The molecule has 2 rings (SSSR count). The first kappa shape index (κ1) is 29.2. The molecule has 2 aromatic rings. The fourth-order valence-corrected chi connectivity index (χ4v) is 4.42. The number of thiophene rings is 1. The zero-order valence-electron chi connectivity index (χ0n) is 20.2. The highest BCUT2D eigenvalue weighted by molar-refractivity contribution is 7.18. The number of nitrogens with two attached hydrogens (primary N) is 1. The minimum absolute atomic E-state index is 0.0281. The average Bonchev–Trinajstić information content (AvgIpc) is 3.16. The van der Waals surface area contributed by atoms with Crippen LogP contribution in [-0.4, -0.2) is 42.9 Å². The average molecular weight is 545 g/mol. The molecule has 2 amide bonds. The van der Waals surface area contributed by atoms with E-state index in [1.165, 1.54) is 36.5 Å². The molecular weight excluding hydrogens is 517 g/mol. The summed E-state index contributed by atoms with van der Waals surface area (Å²) in [7, 11) is 1.54. The summed E-state index contributed by atoms with van der Waals surface area (Å²) in [6.07, 6.45) is -2.72. The van der Waals surface area contributed by atoms with Gasteiger partial charge in [0.1, 0.15) is 9.94 Å². The second-order valence-corrected chi connectivity index (χ2v) is 10.3. The van der Waals surface area contributed by atoms with E-state index in [4.69, 9.17) is 22.1 Å². The first-order valence-corrected chi connectivity index (χ1v) is 12.0. The van der Waals surface area contributed by atoms with Gasteiger partial charge in [0.25, 0.3) is 5.91 Å². The van der Waals surface area contributed by atoms with E-state index >= 15 is 0 Å². The molecule has 0 aliphatic carbocycles. The highest BCUT2D eigenvalue weighted by Gasteiger charge is 2.33. The lowest BCUT2D eigenvalue weighted by atomic mass is 9.99. The van der Waals surface area contributed by atoms with E-state index in [0.29, 0.717) is 15.6 Å². The van der Waals surface area contributed by atoms with Crippen LogP contribution in [0.5, 0.6) is 0 Å². The number of nitrogens with one attached hydrogen (secondary N) is 2. The number of rotatable bonds is 8. The lowest BCUT2D eigenvalue weighted by Crippen LogP contribution is -2.46. The van der Waals surface area contributed by atoms with Gasteiger partial charge in [0, 0.05) is 19.2 Å². The summed E-state index contributed by atoms with van der Waals surface area (Å²) in [6, 6.07) is 5.70. The van der Waals surface area contributed by atoms with Crippen LogP contribution in [0.1, 0.15) is 47.1 Å². The Morgan fingerprint density at radius 1 is 1.25 bits per heavy atom. The molecule has 0 bridgehead atoms. The minimum atomic E-state index is -4.58. The molecule has 0 unspecified atom stereocenters. The van der Waals surface area contributed by atoms with E-state index in [-0.39, 0.29) is 23.4 Å². The fourth-order valence-electron chi connectivity index (χ4n) is 3.22. The van der Waals surface area contributed by atoms with Crippen LogP contribution >= 0.6 is 22.9 Å². The summed E-state index contributed by atoms with van der Waals surface area (Å²) >= 11 is 7.27. The Balaban J connectivity index is 2.30. The summed E-state index contributed by atoms with van der Waals surface area (Å²) in [6.45, 7) is 4.86. The smallest absolute Gasteiger partial charge is 0.416 e. The van der Waals surface area contributed by atoms with Crippen LogP contribution in [0.3, 0.4) is 0 Å². The number of halogens is 4. The Kier molecular flexibility index (Phi) is 9.94. The SMILES string of the molecule is CN=C(C=CN)c1cc(C(=O)N[C@H](CNC(=O)OC(C)(C)C)Cc2ccccc2C(F)(F)F)sc1Cl. The molecule has 0 spiro atoms. The normalized spacial score (nSPS) is 13.5. The van der Waals surface area contributed by atoms with Crippen molar-refractivity contribution in [1.82, 2.24) is 10.6 Å². The van der Waals surface area contributed by atoms with E-state index in [2.05, 4.69) is 15.6 Å². The number of carbonyl (C=O) groups excluding carboxylic acids is 2. The van der Waals surface area contributed by atoms with Gasteiger partial charge in [0.15, 0.2) is 0 Å². The van der Waals surface area contributed by atoms with Crippen molar-refractivity contribution in [3.8, 4) is 0 Å². The predicted molar refractivity (Wildman–Crippen MR) is 136 cm³/mol. The summed E-state index contributed by atoms with van der Waals surface area (Å²) in [4.78, 5) is 29.5. The molecule has 1 aromatic heterocycles. The first-order valence-electron chi connectivity index (χ1n) is 10.8. The van der Waals surface area contributed by atoms with Gasteiger partial charge < -0.3 is 21.1 Å². The van der Waals surface area contributed by atoms with E-state index in [9.17, 15) is 22.8 Å². The van der Waals surface area contributed by atoms with Crippen LogP contribution in [0.4, 0.5) is 18.0 Å². The summed E-state index contributed by atoms with van der Waals surface area (Å²) in [5, 5.41) is 5.21. The standard InChI is InChI=1S/C24H28ClF3N4O3S/c1-23(2,3)35-22(34)31-13-15(11-14-7-5-6-8-17(14)24(26,27)28)32-21(33)19-12-16(20(25)36-19)18(30-4)9-10-29/h5-10,12,15H,11,13,29H2,1-4H3,(H,31,34)(H,32,33)/t15-/m0/s1. The molecule has 7 nitrogen and oxygen atoms in total. The molecule has 1 heterocycles. The van der Waals surface area contributed by atoms with E-state index in [0.717, 1.165) is 17.4 Å². The molecule has 4 N–H and O–H groups in total. The molecule has 0 aliphatic heterocycles. The Bertz CT molecular complexity index is 1140. The van der Waals surface area contributed by atoms with Gasteiger partial charge in [-0.1, -0.05) is 29.8 Å². The van der Waals surface area contributed by atoms with E-state index in [1.807, 2.05) is 0 Å². The largest absolute Gasteiger partial charge is 0.444 e. The van der Waals surface area contributed by atoms with Gasteiger partial charge in [-0.25, -0.2) is 4.79 Å². The van der Waals surface area contributed by atoms with Gasteiger partial charge in [-0.3, -0.25) is 9.79 Å². The zero-order chi connectivity index (χ0) is 27.1. The molecule has 1 aromatic carbocycles. The quantitative estimate of drug-likeness (QED) is 0.398.